The van der Waals surface area contributed by atoms with Crippen molar-refractivity contribution in [1.82, 2.24) is 9.80 Å². The third kappa shape index (κ3) is 3.65. The van der Waals surface area contributed by atoms with E-state index in [2.05, 4.69) is 74.2 Å². The number of aryl methyl sites for hydroxylation is 1. The second-order valence-corrected chi connectivity index (χ2v) is 10.1. The van der Waals surface area contributed by atoms with Crippen LogP contribution < -0.4 is 4.74 Å². The van der Waals surface area contributed by atoms with Crippen LogP contribution in [0.25, 0.3) is 0 Å². The molecule has 0 radical (unpaired) electrons. The Morgan fingerprint density at radius 1 is 1.16 bits per heavy atom. The van der Waals surface area contributed by atoms with Crippen LogP contribution in [0.1, 0.15) is 55.7 Å². The quantitative estimate of drug-likeness (QED) is 0.687. The van der Waals surface area contributed by atoms with Gasteiger partial charge in [0.15, 0.2) is 6.23 Å². The summed E-state index contributed by atoms with van der Waals surface area (Å²) in [6, 6.07) is 17.2. The van der Waals surface area contributed by atoms with Gasteiger partial charge in [-0.1, -0.05) is 61.9 Å². The summed E-state index contributed by atoms with van der Waals surface area (Å²) in [5.74, 6) is 2.15. The highest BCUT2D eigenvalue weighted by atomic mass is 16.5. The molecule has 0 bridgehead atoms. The SMILES string of the molecule is Cc1ccc2c(c1)CN1C(=O)C(CCN3CCC(c4ccccc4)C3)(C(C)C)CC1O2. The average molecular weight is 419 g/mol. The summed E-state index contributed by atoms with van der Waals surface area (Å²) in [5.41, 5.74) is 3.46. The number of carbonyl (C=O) groups excluding carboxylic acids is 1. The molecule has 0 saturated carbocycles. The fraction of sp³-hybridized carbons (Fsp3) is 0.519. The minimum Gasteiger partial charge on any atom is -0.470 e. The maximum atomic E-state index is 13.7. The zero-order chi connectivity index (χ0) is 21.6. The largest absolute Gasteiger partial charge is 0.470 e. The molecule has 2 saturated heterocycles. The van der Waals surface area contributed by atoms with E-state index in [0.29, 0.717) is 24.3 Å². The topological polar surface area (TPSA) is 32.8 Å². The Labute approximate surface area is 186 Å². The number of carbonyl (C=O) groups is 1. The van der Waals surface area contributed by atoms with E-state index >= 15 is 0 Å². The summed E-state index contributed by atoms with van der Waals surface area (Å²) >= 11 is 0. The molecule has 5 rings (SSSR count). The van der Waals surface area contributed by atoms with Crippen molar-refractivity contribution < 1.29 is 9.53 Å². The number of rotatable bonds is 5. The molecule has 0 aromatic heterocycles. The Morgan fingerprint density at radius 2 is 1.97 bits per heavy atom. The molecule has 3 aliphatic rings. The second-order valence-electron chi connectivity index (χ2n) is 10.1. The van der Waals surface area contributed by atoms with Crippen LogP contribution in [-0.2, 0) is 11.3 Å². The number of amides is 1. The first-order valence-electron chi connectivity index (χ1n) is 11.8. The number of hydrogen-bond donors (Lipinski definition) is 0. The number of nitrogens with zero attached hydrogens (tertiary/aromatic N) is 2. The minimum atomic E-state index is -0.327. The molecule has 4 nitrogen and oxygen atoms in total. The highest BCUT2D eigenvalue weighted by Gasteiger charge is 2.55. The van der Waals surface area contributed by atoms with E-state index in [1.807, 2.05) is 4.90 Å². The Balaban J connectivity index is 1.28. The van der Waals surface area contributed by atoms with Crippen LogP contribution in [0, 0.1) is 18.3 Å². The maximum absolute atomic E-state index is 13.7. The van der Waals surface area contributed by atoms with Crippen molar-refractivity contribution in [2.75, 3.05) is 19.6 Å². The van der Waals surface area contributed by atoms with E-state index in [1.165, 1.54) is 17.5 Å². The monoisotopic (exact) mass is 418 g/mol. The van der Waals surface area contributed by atoms with E-state index in [1.54, 1.807) is 0 Å². The summed E-state index contributed by atoms with van der Waals surface area (Å²) in [6.07, 6.45) is 2.80. The van der Waals surface area contributed by atoms with E-state index in [0.717, 1.165) is 43.8 Å². The van der Waals surface area contributed by atoms with Crippen LogP contribution in [0.3, 0.4) is 0 Å². The van der Waals surface area contributed by atoms with Crippen molar-refractivity contribution >= 4 is 5.91 Å². The Bertz CT molecular complexity index is 957. The molecule has 31 heavy (non-hydrogen) atoms. The number of likely N-dealkylation sites (tertiary alicyclic amines) is 1. The molecule has 2 fully saturated rings. The van der Waals surface area contributed by atoms with Crippen molar-refractivity contribution in [1.29, 1.82) is 0 Å². The first kappa shape index (κ1) is 20.6. The van der Waals surface area contributed by atoms with Gasteiger partial charge in [0.05, 0.1) is 12.0 Å². The molecular weight excluding hydrogens is 384 g/mol. The van der Waals surface area contributed by atoms with Gasteiger partial charge in [-0.25, -0.2) is 0 Å². The highest BCUT2D eigenvalue weighted by Crippen LogP contribution is 2.48. The fourth-order valence-electron chi connectivity index (χ4n) is 5.85. The van der Waals surface area contributed by atoms with Gasteiger partial charge >= 0.3 is 0 Å². The van der Waals surface area contributed by atoms with Crippen LogP contribution in [0.4, 0.5) is 0 Å². The molecule has 0 N–H and O–H groups in total. The maximum Gasteiger partial charge on any atom is 0.232 e. The lowest BCUT2D eigenvalue weighted by atomic mass is 9.73. The van der Waals surface area contributed by atoms with Gasteiger partial charge < -0.3 is 14.5 Å². The zero-order valence-electron chi connectivity index (χ0n) is 19.0. The third-order valence-corrected chi connectivity index (χ3v) is 7.92. The first-order chi connectivity index (χ1) is 15.0. The van der Waals surface area contributed by atoms with E-state index < -0.39 is 0 Å². The van der Waals surface area contributed by atoms with Gasteiger partial charge in [-0.2, -0.15) is 0 Å². The Hall–Kier alpha value is -2.33. The zero-order valence-corrected chi connectivity index (χ0v) is 19.0. The van der Waals surface area contributed by atoms with Crippen molar-refractivity contribution in [2.24, 2.45) is 11.3 Å². The van der Waals surface area contributed by atoms with Gasteiger partial charge in [0.1, 0.15) is 5.75 Å². The predicted octanol–water partition coefficient (Wildman–Crippen LogP) is 4.97. The molecule has 2 aromatic rings. The summed E-state index contributed by atoms with van der Waals surface area (Å²) < 4.78 is 6.32. The van der Waals surface area contributed by atoms with Gasteiger partial charge in [-0.05, 0) is 56.3 Å². The van der Waals surface area contributed by atoms with Crippen LogP contribution in [-0.4, -0.2) is 41.6 Å². The lowest BCUT2D eigenvalue weighted by Crippen LogP contribution is -2.43. The smallest absolute Gasteiger partial charge is 0.232 e. The van der Waals surface area contributed by atoms with E-state index in [-0.39, 0.29) is 11.6 Å². The van der Waals surface area contributed by atoms with Gasteiger partial charge in [0, 0.05) is 18.5 Å². The molecule has 1 amide bonds. The van der Waals surface area contributed by atoms with Crippen LogP contribution in [0.5, 0.6) is 5.75 Å². The summed E-state index contributed by atoms with van der Waals surface area (Å²) in [7, 11) is 0. The summed E-state index contributed by atoms with van der Waals surface area (Å²) in [4.78, 5) is 18.3. The van der Waals surface area contributed by atoms with Crippen molar-refractivity contribution in [3.63, 3.8) is 0 Å². The van der Waals surface area contributed by atoms with Gasteiger partial charge in [-0.3, -0.25) is 4.79 Å². The van der Waals surface area contributed by atoms with Crippen molar-refractivity contribution in [3.8, 4) is 5.75 Å². The molecule has 3 unspecified atom stereocenters. The lowest BCUT2D eigenvalue weighted by molar-refractivity contribution is -0.142. The molecule has 164 valence electrons. The van der Waals surface area contributed by atoms with Gasteiger partial charge in [-0.15, -0.1) is 0 Å². The highest BCUT2D eigenvalue weighted by molar-refractivity contribution is 5.86. The molecule has 3 heterocycles. The summed E-state index contributed by atoms with van der Waals surface area (Å²) in [5, 5.41) is 0. The van der Waals surface area contributed by atoms with E-state index in [9.17, 15) is 4.79 Å². The molecule has 3 atom stereocenters. The molecule has 0 aliphatic carbocycles. The van der Waals surface area contributed by atoms with Crippen molar-refractivity contribution in [2.45, 2.75) is 58.7 Å². The van der Waals surface area contributed by atoms with Crippen molar-refractivity contribution in [3.05, 3.63) is 65.2 Å². The van der Waals surface area contributed by atoms with Gasteiger partial charge in [0.2, 0.25) is 5.91 Å². The molecular formula is C27H34N2O2. The number of hydrogen-bond acceptors (Lipinski definition) is 3. The molecule has 3 aliphatic heterocycles. The molecule has 0 spiro atoms. The van der Waals surface area contributed by atoms with Crippen LogP contribution in [0.15, 0.2) is 48.5 Å². The van der Waals surface area contributed by atoms with Crippen LogP contribution in [0.2, 0.25) is 0 Å². The molecule has 2 aromatic carbocycles. The number of ether oxygens (including phenoxy) is 1. The average Bonchev–Trinajstić information content (AvgIpc) is 3.35. The van der Waals surface area contributed by atoms with Gasteiger partial charge in [0.25, 0.3) is 0 Å². The Morgan fingerprint density at radius 3 is 2.74 bits per heavy atom. The third-order valence-electron chi connectivity index (χ3n) is 7.92. The van der Waals surface area contributed by atoms with E-state index in [4.69, 9.17) is 4.74 Å². The number of benzene rings is 2. The summed E-state index contributed by atoms with van der Waals surface area (Å²) in [6.45, 7) is 10.4. The first-order valence-corrected chi connectivity index (χ1v) is 11.8. The minimum absolute atomic E-state index is 0.124. The number of fused-ring (bicyclic) bond motifs is 2. The lowest BCUT2D eigenvalue weighted by Gasteiger charge is -2.33. The van der Waals surface area contributed by atoms with Crippen LogP contribution >= 0.6 is 0 Å². The standard InChI is InChI=1S/C27H34N2O2/c1-19(2)27(12-14-28-13-11-22(17-28)21-7-5-4-6-8-21)16-25-29(26(27)30)18-23-15-20(3)9-10-24(23)31-25/h4-10,15,19,22,25H,11-14,16-18H2,1-3H3. The predicted molar refractivity (Wildman–Crippen MR) is 123 cm³/mol. The normalized spacial score (nSPS) is 28.0. The Kier molecular flexibility index (Phi) is 5.29. The molecule has 4 heteroatoms. The fourth-order valence-corrected chi connectivity index (χ4v) is 5.85. The second kappa shape index (κ2) is 7.98.